The van der Waals surface area contributed by atoms with E-state index in [0.29, 0.717) is 5.75 Å². The van der Waals surface area contributed by atoms with Gasteiger partial charge in [0.2, 0.25) is 11.8 Å². The highest BCUT2D eigenvalue weighted by Crippen LogP contribution is 2.32. The minimum Gasteiger partial charge on any atom is -0.495 e. The molecule has 10 heteroatoms. The average Bonchev–Trinajstić information content (AvgIpc) is 2.95. The third-order valence-corrected chi connectivity index (χ3v) is 9.04. The predicted molar refractivity (Wildman–Crippen MR) is 163 cm³/mol. The standard InChI is InChI=1S/C31H38ClN3O5S/c1-7-23(4)33-31(37)24(5)34(19-25-12-8-21(2)9-13-25)30(36)20-35(26-14-17-29(40-6)28(32)18-26)41(38,39)27-15-10-22(3)11-16-27/h8-18,23-24H,7,19-20H2,1-6H3,(H,33,37)/t23-,24+/m0/s1. The molecule has 0 aliphatic heterocycles. The largest absolute Gasteiger partial charge is 0.495 e. The molecule has 1 N–H and O–H groups in total. The van der Waals surface area contributed by atoms with Gasteiger partial charge >= 0.3 is 0 Å². The minimum absolute atomic E-state index is 0.0236. The van der Waals surface area contributed by atoms with Crippen LogP contribution in [0.3, 0.4) is 0 Å². The molecule has 8 nitrogen and oxygen atoms in total. The summed E-state index contributed by atoms with van der Waals surface area (Å²) in [5, 5.41) is 3.12. The first-order valence-electron chi connectivity index (χ1n) is 13.5. The number of nitrogens with one attached hydrogen (secondary N) is 1. The topological polar surface area (TPSA) is 96.0 Å². The van der Waals surface area contributed by atoms with Crippen LogP contribution in [0.2, 0.25) is 5.02 Å². The molecule has 220 valence electrons. The lowest BCUT2D eigenvalue weighted by atomic mass is 10.1. The maximum atomic E-state index is 14.0. The molecule has 0 spiro atoms. The summed E-state index contributed by atoms with van der Waals surface area (Å²) in [7, 11) is -2.74. The van der Waals surface area contributed by atoms with Crippen molar-refractivity contribution in [2.45, 2.75) is 64.6 Å². The number of aryl methyl sites for hydroxylation is 2. The van der Waals surface area contributed by atoms with Crippen LogP contribution >= 0.6 is 11.6 Å². The van der Waals surface area contributed by atoms with E-state index in [4.69, 9.17) is 16.3 Å². The molecule has 0 fully saturated rings. The van der Waals surface area contributed by atoms with Crippen molar-refractivity contribution in [3.63, 3.8) is 0 Å². The van der Waals surface area contributed by atoms with Crippen LogP contribution < -0.4 is 14.4 Å². The second kappa shape index (κ2) is 13.9. The Morgan fingerprint density at radius 1 is 0.951 bits per heavy atom. The fourth-order valence-electron chi connectivity index (χ4n) is 4.11. The zero-order valence-electron chi connectivity index (χ0n) is 24.3. The number of sulfonamides is 1. The zero-order valence-corrected chi connectivity index (χ0v) is 25.9. The molecule has 0 aliphatic carbocycles. The molecule has 0 aromatic heterocycles. The highest BCUT2D eigenvalue weighted by Gasteiger charge is 2.33. The third kappa shape index (κ3) is 8.01. The molecule has 0 aliphatic rings. The number of nitrogens with zero attached hydrogens (tertiary/aromatic N) is 2. The predicted octanol–water partition coefficient (Wildman–Crippen LogP) is 5.49. The van der Waals surface area contributed by atoms with Crippen molar-refractivity contribution in [1.82, 2.24) is 10.2 Å². The van der Waals surface area contributed by atoms with E-state index in [1.165, 1.54) is 36.3 Å². The van der Waals surface area contributed by atoms with E-state index in [1.54, 1.807) is 25.1 Å². The number of methoxy groups -OCH3 is 1. The van der Waals surface area contributed by atoms with Gasteiger partial charge in [-0.1, -0.05) is 66.0 Å². The molecule has 0 bridgehead atoms. The first kappa shape index (κ1) is 32.0. The van der Waals surface area contributed by atoms with Crippen LogP contribution in [0.25, 0.3) is 0 Å². The fraction of sp³-hybridized carbons (Fsp3) is 0.355. The van der Waals surface area contributed by atoms with Crippen molar-refractivity contribution < 1.29 is 22.7 Å². The van der Waals surface area contributed by atoms with E-state index in [9.17, 15) is 18.0 Å². The van der Waals surface area contributed by atoms with Gasteiger partial charge in [-0.25, -0.2) is 8.42 Å². The molecule has 0 radical (unpaired) electrons. The van der Waals surface area contributed by atoms with Crippen molar-refractivity contribution in [3.05, 3.63) is 88.4 Å². The number of anilines is 1. The summed E-state index contributed by atoms with van der Waals surface area (Å²) >= 11 is 6.37. The molecule has 0 unspecified atom stereocenters. The first-order valence-corrected chi connectivity index (χ1v) is 15.3. The highest BCUT2D eigenvalue weighted by molar-refractivity contribution is 7.92. The quantitative estimate of drug-likeness (QED) is 0.297. The lowest BCUT2D eigenvalue weighted by molar-refractivity contribution is -0.139. The third-order valence-electron chi connectivity index (χ3n) is 6.95. The van der Waals surface area contributed by atoms with Crippen molar-refractivity contribution in [1.29, 1.82) is 0 Å². The molecule has 41 heavy (non-hydrogen) atoms. The van der Waals surface area contributed by atoms with E-state index in [1.807, 2.05) is 52.0 Å². The SMILES string of the molecule is CC[C@H](C)NC(=O)[C@@H](C)N(Cc1ccc(C)cc1)C(=O)CN(c1ccc(OC)c(Cl)c1)S(=O)(=O)c1ccc(C)cc1. The number of hydrogen-bond acceptors (Lipinski definition) is 5. The van der Waals surface area contributed by atoms with Gasteiger partial charge in [-0.2, -0.15) is 0 Å². The van der Waals surface area contributed by atoms with Gasteiger partial charge < -0.3 is 15.0 Å². The summed E-state index contributed by atoms with van der Waals surface area (Å²) in [5.74, 6) is -0.494. The minimum atomic E-state index is -4.20. The highest BCUT2D eigenvalue weighted by atomic mass is 35.5. The van der Waals surface area contributed by atoms with Crippen LogP contribution in [0.15, 0.2) is 71.6 Å². The molecule has 3 aromatic rings. The Morgan fingerprint density at radius 2 is 1.54 bits per heavy atom. The van der Waals surface area contributed by atoms with Gasteiger partial charge in [0, 0.05) is 12.6 Å². The van der Waals surface area contributed by atoms with Crippen molar-refractivity contribution in [3.8, 4) is 5.75 Å². The van der Waals surface area contributed by atoms with Crippen LogP contribution in [-0.4, -0.2) is 50.9 Å². The number of hydrogen-bond donors (Lipinski definition) is 1. The maximum absolute atomic E-state index is 14.0. The number of halogens is 1. The Bertz CT molecular complexity index is 1460. The van der Waals surface area contributed by atoms with Gasteiger partial charge in [0.1, 0.15) is 18.3 Å². The lowest BCUT2D eigenvalue weighted by Gasteiger charge is -2.32. The second-order valence-electron chi connectivity index (χ2n) is 10.1. The fourth-order valence-corrected chi connectivity index (χ4v) is 5.77. The summed E-state index contributed by atoms with van der Waals surface area (Å²) in [4.78, 5) is 28.6. The molecular formula is C31H38ClN3O5S. The number of benzene rings is 3. The molecule has 0 saturated heterocycles. The summed E-state index contributed by atoms with van der Waals surface area (Å²) in [6.45, 7) is 8.88. The van der Waals surface area contributed by atoms with Crippen LogP contribution in [0, 0.1) is 13.8 Å². The number of rotatable bonds is 12. The smallest absolute Gasteiger partial charge is 0.264 e. The molecular weight excluding hydrogens is 562 g/mol. The van der Waals surface area contributed by atoms with Crippen molar-refractivity contribution in [2.75, 3.05) is 18.0 Å². The number of amides is 2. The Hall–Kier alpha value is -3.56. The molecule has 2 amide bonds. The molecule has 2 atom stereocenters. The first-order chi connectivity index (χ1) is 19.4. The normalized spacial score (nSPS) is 12.8. The van der Waals surface area contributed by atoms with E-state index >= 15 is 0 Å². The summed E-state index contributed by atoms with van der Waals surface area (Å²) in [6, 6.07) is 17.6. The Kier molecular flexibility index (Phi) is 10.8. The van der Waals surface area contributed by atoms with Gasteiger partial charge in [-0.05, 0) is 70.0 Å². The monoisotopic (exact) mass is 599 g/mol. The average molecular weight is 600 g/mol. The summed E-state index contributed by atoms with van der Waals surface area (Å²) in [5.41, 5.74) is 2.95. The van der Waals surface area contributed by atoms with Gasteiger partial charge in [0.05, 0.1) is 22.7 Å². The van der Waals surface area contributed by atoms with Gasteiger partial charge in [-0.15, -0.1) is 0 Å². The number of ether oxygens (including phenoxy) is 1. The molecule has 0 saturated carbocycles. The molecule has 0 heterocycles. The van der Waals surface area contributed by atoms with Crippen LogP contribution in [-0.2, 0) is 26.2 Å². The van der Waals surface area contributed by atoms with E-state index in [0.717, 1.165) is 27.4 Å². The maximum Gasteiger partial charge on any atom is 0.264 e. The Balaban J connectivity index is 2.06. The Labute approximate surface area is 248 Å². The van der Waals surface area contributed by atoms with Crippen LogP contribution in [0.1, 0.15) is 43.9 Å². The van der Waals surface area contributed by atoms with E-state index < -0.39 is 28.5 Å². The number of carbonyl (C=O) groups is 2. The van der Waals surface area contributed by atoms with Crippen molar-refractivity contribution in [2.24, 2.45) is 0 Å². The van der Waals surface area contributed by atoms with Gasteiger partial charge in [-0.3, -0.25) is 13.9 Å². The van der Waals surface area contributed by atoms with Crippen LogP contribution in [0.5, 0.6) is 5.75 Å². The zero-order chi connectivity index (χ0) is 30.3. The summed E-state index contributed by atoms with van der Waals surface area (Å²) < 4.78 is 34.2. The van der Waals surface area contributed by atoms with E-state index in [2.05, 4.69) is 5.32 Å². The second-order valence-corrected chi connectivity index (χ2v) is 12.4. The van der Waals surface area contributed by atoms with E-state index in [-0.39, 0.29) is 34.1 Å². The summed E-state index contributed by atoms with van der Waals surface area (Å²) in [6.07, 6.45) is 0.727. The van der Waals surface area contributed by atoms with Crippen LogP contribution in [0.4, 0.5) is 5.69 Å². The van der Waals surface area contributed by atoms with Gasteiger partial charge in [0.25, 0.3) is 10.0 Å². The molecule has 3 rings (SSSR count). The molecule has 3 aromatic carbocycles. The Morgan fingerprint density at radius 3 is 2.07 bits per heavy atom. The lowest BCUT2D eigenvalue weighted by Crippen LogP contribution is -2.52. The number of carbonyl (C=O) groups excluding carboxylic acids is 2. The van der Waals surface area contributed by atoms with Gasteiger partial charge in [0.15, 0.2) is 0 Å². The van der Waals surface area contributed by atoms with Crippen molar-refractivity contribution >= 4 is 39.1 Å².